The molecule has 2 atom stereocenters. The molecule has 17 heavy (non-hydrogen) atoms. The average molecular weight is 239 g/mol. The minimum absolute atomic E-state index is 0.224. The SMILES string of the molecule is CC(N)C1CCN(C2CCCNC(=O)C2)CC1. The summed E-state index contributed by atoms with van der Waals surface area (Å²) in [6, 6.07) is 0.779. The van der Waals surface area contributed by atoms with Gasteiger partial charge >= 0.3 is 0 Å². The number of rotatable bonds is 2. The van der Waals surface area contributed by atoms with Crippen LogP contribution in [-0.2, 0) is 4.79 Å². The van der Waals surface area contributed by atoms with Crippen LogP contribution in [0.5, 0.6) is 0 Å². The van der Waals surface area contributed by atoms with E-state index in [1.807, 2.05) is 0 Å². The monoisotopic (exact) mass is 239 g/mol. The number of amides is 1. The molecule has 4 heteroatoms. The van der Waals surface area contributed by atoms with Crippen LogP contribution in [0.15, 0.2) is 0 Å². The first kappa shape index (κ1) is 12.8. The van der Waals surface area contributed by atoms with Crippen LogP contribution in [0.2, 0.25) is 0 Å². The minimum atomic E-state index is 0.224. The number of nitrogens with one attached hydrogen (secondary N) is 1. The van der Waals surface area contributed by atoms with Crippen molar-refractivity contribution in [3.63, 3.8) is 0 Å². The lowest BCUT2D eigenvalue weighted by molar-refractivity contribution is -0.121. The number of piperidine rings is 1. The Hall–Kier alpha value is -0.610. The highest BCUT2D eigenvalue weighted by molar-refractivity contribution is 5.76. The van der Waals surface area contributed by atoms with E-state index in [-0.39, 0.29) is 5.91 Å². The number of nitrogens with two attached hydrogens (primary N) is 1. The number of carbonyl (C=O) groups excluding carboxylic acids is 1. The highest BCUT2D eigenvalue weighted by Crippen LogP contribution is 2.24. The van der Waals surface area contributed by atoms with Crippen LogP contribution in [0.1, 0.15) is 39.0 Å². The summed E-state index contributed by atoms with van der Waals surface area (Å²) in [6.45, 7) is 5.19. The normalized spacial score (nSPS) is 30.7. The smallest absolute Gasteiger partial charge is 0.221 e. The predicted octanol–water partition coefficient (Wildman–Crippen LogP) is 0.714. The van der Waals surface area contributed by atoms with Gasteiger partial charge in [-0.1, -0.05) is 0 Å². The van der Waals surface area contributed by atoms with Crippen molar-refractivity contribution in [1.82, 2.24) is 10.2 Å². The second-order valence-electron chi connectivity index (χ2n) is 5.58. The standard InChI is InChI=1S/C13H25N3O/c1-10(14)11-4-7-16(8-5-11)12-3-2-6-15-13(17)9-12/h10-12H,2-9,14H2,1H3,(H,15,17). The van der Waals surface area contributed by atoms with E-state index in [1.54, 1.807) is 0 Å². The lowest BCUT2D eigenvalue weighted by atomic mass is 9.89. The highest BCUT2D eigenvalue weighted by Gasteiger charge is 2.28. The Morgan fingerprint density at radius 2 is 2.06 bits per heavy atom. The fourth-order valence-electron chi connectivity index (χ4n) is 3.08. The van der Waals surface area contributed by atoms with E-state index in [0.29, 0.717) is 24.4 Å². The summed E-state index contributed by atoms with van der Waals surface area (Å²) in [7, 11) is 0. The van der Waals surface area contributed by atoms with Crippen LogP contribution in [0, 0.1) is 5.92 Å². The maximum absolute atomic E-state index is 11.6. The van der Waals surface area contributed by atoms with Crippen LogP contribution >= 0.6 is 0 Å². The van der Waals surface area contributed by atoms with E-state index in [9.17, 15) is 4.79 Å². The first-order valence-electron chi connectivity index (χ1n) is 6.93. The Morgan fingerprint density at radius 3 is 2.71 bits per heavy atom. The van der Waals surface area contributed by atoms with Crippen LogP contribution in [0.3, 0.4) is 0 Å². The Labute approximate surface area is 104 Å². The van der Waals surface area contributed by atoms with Gasteiger partial charge in [0.25, 0.3) is 0 Å². The molecule has 0 saturated carbocycles. The van der Waals surface area contributed by atoms with E-state index in [2.05, 4.69) is 17.1 Å². The molecule has 0 radical (unpaired) electrons. The Kier molecular flexibility index (Phi) is 4.40. The average Bonchev–Trinajstić information content (AvgIpc) is 2.54. The van der Waals surface area contributed by atoms with Crippen molar-refractivity contribution >= 4 is 5.91 Å². The second kappa shape index (κ2) is 5.83. The zero-order valence-corrected chi connectivity index (χ0v) is 10.8. The van der Waals surface area contributed by atoms with Crippen molar-refractivity contribution < 1.29 is 4.79 Å². The Balaban J connectivity index is 1.84. The van der Waals surface area contributed by atoms with E-state index in [1.165, 1.54) is 12.8 Å². The first-order valence-corrected chi connectivity index (χ1v) is 6.93. The fourth-order valence-corrected chi connectivity index (χ4v) is 3.08. The summed E-state index contributed by atoms with van der Waals surface area (Å²) in [6.07, 6.45) is 5.33. The zero-order chi connectivity index (χ0) is 12.3. The lowest BCUT2D eigenvalue weighted by Crippen LogP contribution is -2.45. The van der Waals surface area contributed by atoms with Gasteiger partial charge in [-0.2, -0.15) is 0 Å². The first-order chi connectivity index (χ1) is 8.16. The van der Waals surface area contributed by atoms with Crippen molar-refractivity contribution in [2.24, 2.45) is 11.7 Å². The molecule has 3 N–H and O–H groups in total. The molecule has 0 spiro atoms. The molecule has 1 amide bonds. The number of nitrogens with zero attached hydrogens (tertiary/aromatic N) is 1. The Bertz CT molecular complexity index is 259. The molecular weight excluding hydrogens is 214 g/mol. The van der Waals surface area contributed by atoms with Crippen LogP contribution < -0.4 is 11.1 Å². The van der Waals surface area contributed by atoms with Crippen molar-refractivity contribution in [2.75, 3.05) is 19.6 Å². The van der Waals surface area contributed by atoms with Crippen LogP contribution in [-0.4, -0.2) is 42.5 Å². The number of hydrogen-bond acceptors (Lipinski definition) is 3. The topological polar surface area (TPSA) is 58.4 Å². The summed E-state index contributed by atoms with van der Waals surface area (Å²) >= 11 is 0. The predicted molar refractivity (Wildman–Crippen MR) is 68.6 cm³/mol. The van der Waals surface area contributed by atoms with Crippen LogP contribution in [0.4, 0.5) is 0 Å². The molecule has 0 aromatic rings. The summed E-state index contributed by atoms with van der Waals surface area (Å²) in [5, 5.41) is 2.95. The van der Waals surface area contributed by atoms with Gasteiger partial charge in [0.05, 0.1) is 0 Å². The fraction of sp³-hybridized carbons (Fsp3) is 0.923. The molecule has 2 saturated heterocycles. The second-order valence-corrected chi connectivity index (χ2v) is 5.58. The van der Waals surface area contributed by atoms with E-state index >= 15 is 0 Å². The summed E-state index contributed by atoms with van der Waals surface area (Å²) in [5.41, 5.74) is 5.96. The molecule has 2 aliphatic rings. The molecule has 0 aromatic heterocycles. The molecule has 2 heterocycles. The largest absolute Gasteiger partial charge is 0.356 e. The maximum atomic E-state index is 11.6. The van der Waals surface area contributed by atoms with Crippen molar-refractivity contribution in [2.45, 2.75) is 51.1 Å². The molecule has 0 bridgehead atoms. The molecule has 98 valence electrons. The van der Waals surface area contributed by atoms with E-state index in [4.69, 9.17) is 5.73 Å². The van der Waals surface area contributed by atoms with Crippen LogP contribution in [0.25, 0.3) is 0 Å². The number of carbonyl (C=O) groups is 1. The minimum Gasteiger partial charge on any atom is -0.356 e. The summed E-state index contributed by atoms with van der Waals surface area (Å²) in [5.74, 6) is 0.896. The number of hydrogen-bond donors (Lipinski definition) is 2. The maximum Gasteiger partial charge on any atom is 0.221 e. The molecule has 2 aliphatic heterocycles. The molecule has 4 nitrogen and oxygen atoms in total. The van der Waals surface area contributed by atoms with E-state index in [0.717, 1.165) is 32.5 Å². The van der Waals surface area contributed by atoms with Gasteiger partial charge < -0.3 is 11.1 Å². The third-order valence-electron chi connectivity index (χ3n) is 4.29. The van der Waals surface area contributed by atoms with Crippen molar-refractivity contribution in [3.8, 4) is 0 Å². The summed E-state index contributed by atoms with van der Waals surface area (Å²) in [4.78, 5) is 14.1. The highest BCUT2D eigenvalue weighted by atomic mass is 16.1. The molecular formula is C13H25N3O. The molecule has 2 fully saturated rings. The molecule has 0 aliphatic carbocycles. The van der Waals surface area contributed by atoms with Crippen molar-refractivity contribution in [1.29, 1.82) is 0 Å². The third-order valence-corrected chi connectivity index (χ3v) is 4.29. The van der Waals surface area contributed by atoms with Gasteiger partial charge in [-0.3, -0.25) is 9.69 Å². The molecule has 2 unspecified atom stereocenters. The molecule has 0 aromatic carbocycles. The molecule has 2 rings (SSSR count). The van der Waals surface area contributed by atoms with Gasteiger partial charge in [0, 0.05) is 25.0 Å². The van der Waals surface area contributed by atoms with Gasteiger partial charge in [-0.25, -0.2) is 0 Å². The van der Waals surface area contributed by atoms with E-state index < -0.39 is 0 Å². The van der Waals surface area contributed by atoms with Crippen molar-refractivity contribution in [3.05, 3.63) is 0 Å². The van der Waals surface area contributed by atoms with Gasteiger partial charge in [-0.15, -0.1) is 0 Å². The summed E-state index contributed by atoms with van der Waals surface area (Å²) < 4.78 is 0. The Morgan fingerprint density at radius 1 is 1.35 bits per heavy atom. The van der Waals surface area contributed by atoms with Gasteiger partial charge in [0.2, 0.25) is 5.91 Å². The number of likely N-dealkylation sites (tertiary alicyclic amines) is 1. The quantitative estimate of drug-likeness (QED) is 0.746. The zero-order valence-electron chi connectivity index (χ0n) is 10.8. The third kappa shape index (κ3) is 3.42. The van der Waals surface area contributed by atoms with Gasteiger partial charge in [0.15, 0.2) is 0 Å². The lowest BCUT2D eigenvalue weighted by Gasteiger charge is -2.38. The van der Waals surface area contributed by atoms with Gasteiger partial charge in [0.1, 0.15) is 0 Å². The van der Waals surface area contributed by atoms with Gasteiger partial charge in [-0.05, 0) is 51.6 Å².